The Bertz CT molecular complexity index is 428. The minimum Gasteiger partial charge on any atom is -0.339 e. The van der Waals surface area contributed by atoms with Gasteiger partial charge < -0.3 is 10.2 Å². The summed E-state index contributed by atoms with van der Waals surface area (Å²) in [6.45, 7) is 6.88. The fourth-order valence-electron chi connectivity index (χ4n) is 2.94. The minimum atomic E-state index is 0.207. The van der Waals surface area contributed by atoms with E-state index in [4.69, 9.17) is 0 Å². The molecule has 3 nitrogen and oxygen atoms in total. The van der Waals surface area contributed by atoms with Crippen molar-refractivity contribution in [1.29, 1.82) is 0 Å². The van der Waals surface area contributed by atoms with E-state index in [0.717, 1.165) is 49.2 Å². The Hall–Kier alpha value is -1.35. The number of nitrogens with zero attached hydrogens (tertiary/aromatic N) is 1. The van der Waals surface area contributed by atoms with E-state index in [1.165, 1.54) is 0 Å². The molecular weight excluding hydrogens is 236 g/mol. The van der Waals surface area contributed by atoms with E-state index >= 15 is 0 Å². The summed E-state index contributed by atoms with van der Waals surface area (Å²) in [6, 6.07) is 6.06. The molecule has 2 rings (SSSR count). The topological polar surface area (TPSA) is 32.3 Å². The summed E-state index contributed by atoms with van der Waals surface area (Å²) in [6.07, 6.45) is 2.22. The van der Waals surface area contributed by atoms with Crippen LogP contribution in [-0.2, 0) is 0 Å². The summed E-state index contributed by atoms with van der Waals surface area (Å²) in [5, 5.41) is 3.23. The fraction of sp³-hybridized carbons (Fsp3) is 0.562. The maximum Gasteiger partial charge on any atom is 0.254 e. The number of benzene rings is 1. The summed E-state index contributed by atoms with van der Waals surface area (Å²) in [7, 11) is 1.99. The van der Waals surface area contributed by atoms with Gasteiger partial charge in [-0.15, -0.1) is 0 Å². The highest BCUT2D eigenvalue weighted by Gasteiger charge is 2.24. The SMILES string of the molecule is CNCC1CCN(C(=O)c2c(C)cccc2C)CC1. The first kappa shape index (κ1) is 14.1. The molecule has 1 heterocycles. The van der Waals surface area contributed by atoms with E-state index in [0.29, 0.717) is 5.92 Å². The van der Waals surface area contributed by atoms with Crippen molar-refractivity contribution in [2.45, 2.75) is 26.7 Å². The molecule has 1 saturated heterocycles. The Labute approximate surface area is 116 Å². The second-order valence-corrected chi connectivity index (χ2v) is 5.56. The number of carbonyl (C=O) groups is 1. The van der Waals surface area contributed by atoms with Crippen LogP contribution in [0.5, 0.6) is 0 Å². The van der Waals surface area contributed by atoms with E-state index in [2.05, 4.69) is 5.32 Å². The van der Waals surface area contributed by atoms with Crippen LogP contribution in [-0.4, -0.2) is 37.5 Å². The molecule has 0 spiro atoms. The van der Waals surface area contributed by atoms with Crippen LogP contribution in [0.1, 0.15) is 34.3 Å². The molecule has 1 aliphatic heterocycles. The molecule has 1 aromatic carbocycles. The van der Waals surface area contributed by atoms with Crippen molar-refractivity contribution in [1.82, 2.24) is 10.2 Å². The highest BCUT2D eigenvalue weighted by atomic mass is 16.2. The zero-order chi connectivity index (χ0) is 13.8. The summed E-state index contributed by atoms with van der Waals surface area (Å²) < 4.78 is 0. The normalized spacial score (nSPS) is 16.7. The average molecular weight is 260 g/mol. The van der Waals surface area contributed by atoms with Crippen molar-refractivity contribution in [2.24, 2.45) is 5.92 Å². The van der Waals surface area contributed by atoms with Crippen molar-refractivity contribution in [3.8, 4) is 0 Å². The number of amides is 1. The van der Waals surface area contributed by atoms with Crippen molar-refractivity contribution < 1.29 is 4.79 Å². The molecule has 1 aliphatic rings. The first-order valence-corrected chi connectivity index (χ1v) is 7.13. The van der Waals surface area contributed by atoms with Gasteiger partial charge in [-0.25, -0.2) is 0 Å². The number of aryl methyl sites for hydroxylation is 2. The first-order valence-electron chi connectivity index (χ1n) is 7.13. The highest BCUT2D eigenvalue weighted by molar-refractivity contribution is 5.97. The monoisotopic (exact) mass is 260 g/mol. The maximum atomic E-state index is 12.6. The zero-order valence-electron chi connectivity index (χ0n) is 12.2. The van der Waals surface area contributed by atoms with Crippen LogP contribution in [0.15, 0.2) is 18.2 Å². The Morgan fingerprint density at radius 3 is 2.37 bits per heavy atom. The number of likely N-dealkylation sites (tertiary alicyclic amines) is 1. The molecule has 1 aromatic rings. The van der Waals surface area contributed by atoms with Gasteiger partial charge >= 0.3 is 0 Å². The molecule has 0 radical (unpaired) electrons. The predicted octanol–water partition coefficient (Wildman–Crippen LogP) is 2.38. The number of rotatable bonds is 3. The number of hydrogen-bond donors (Lipinski definition) is 1. The van der Waals surface area contributed by atoms with Gasteiger partial charge in [0.05, 0.1) is 0 Å². The molecule has 1 amide bonds. The van der Waals surface area contributed by atoms with Gasteiger partial charge in [0.25, 0.3) is 5.91 Å². The van der Waals surface area contributed by atoms with E-state index < -0.39 is 0 Å². The molecular formula is C16H24N2O. The molecule has 1 N–H and O–H groups in total. The number of carbonyl (C=O) groups excluding carboxylic acids is 1. The molecule has 1 fully saturated rings. The molecule has 19 heavy (non-hydrogen) atoms. The molecule has 0 unspecified atom stereocenters. The Kier molecular flexibility index (Phi) is 4.59. The van der Waals surface area contributed by atoms with Crippen LogP contribution < -0.4 is 5.32 Å². The maximum absolute atomic E-state index is 12.6. The Morgan fingerprint density at radius 2 is 1.84 bits per heavy atom. The van der Waals surface area contributed by atoms with Gasteiger partial charge in [0, 0.05) is 18.7 Å². The molecule has 0 bridgehead atoms. The van der Waals surface area contributed by atoms with Gasteiger partial charge in [-0.3, -0.25) is 4.79 Å². The predicted molar refractivity (Wildman–Crippen MR) is 78.5 cm³/mol. The van der Waals surface area contributed by atoms with E-state index in [1.54, 1.807) is 0 Å². The summed E-state index contributed by atoms with van der Waals surface area (Å²) in [5.74, 6) is 0.922. The van der Waals surface area contributed by atoms with Gasteiger partial charge in [0.15, 0.2) is 0 Å². The molecule has 0 saturated carbocycles. The molecule has 0 atom stereocenters. The summed E-state index contributed by atoms with van der Waals surface area (Å²) in [4.78, 5) is 14.6. The average Bonchev–Trinajstić information content (AvgIpc) is 2.39. The fourth-order valence-corrected chi connectivity index (χ4v) is 2.94. The zero-order valence-corrected chi connectivity index (χ0v) is 12.2. The highest BCUT2D eigenvalue weighted by Crippen LogP contribution is 2.21. The van der Waals surface area contributed by atoms with E-state index in [1.807, 2.05) is 44.0 Å². The third-order valence-electron chi connectivity index (χ3n) is 4.09. The van der Waals surface area contributed by atoms with Crippen molar-refractivity contribution in [2.75, 3.05) is 26.7 Å². The van der Waals surface area contributed by atoms with Crippen LogP contribution >= 0.6 is 0 Å². The second-order valence-electron chi connectivity index (χ2n) is 5.56. The van der Waals surface area contributed by atoms with Gasteiger partial charge in [0.2, 0.25) is 0 Å². The Balaban J connectivity index is 2.05. The van der Waals surface area contributed by atoms with Gasteiger partial charge in [-0.05, 0) is 57.3 Å². The molecule has 0 aliphatic carbocycles. The van der Waals surface area contributed by atoms with Crippen LogP contribution in [0.25, 0.3) is 0 Å². The summed E-state index contributed by atoms with van der Waals surface area (Å²) in [5.41, 5.74) is 3.07. The van der Waals surface area contributed by atoms with Crippen LogP contribution in [0.3, 0.4) is 0 Å². The van der Waals surface area contributed by atoms with E-state index in [9.17, 15) is 4.79 Å². The third kappa shape index (κ3) is 3.16. The van der Waals surface area contributed by atoms with Gasteiger partial charge in [0.1, 0.15) is 0 Å². The quantitative estimate of drug-likeness (QED) is 0.905. The number of piperidine rings is 1. The lowest BCUT2D eigenvalue weighted by Crippen LogP contribution is -2.40. The summed E-state index contributed by atoms with van der Waals surface area (Å²) >= 11 is 0. The number of hydrogen-bond acceptors (Lipinski definition) is 2. The smallest absolute Gasteiger partial charge is 0.254 e. The van der Waals surface area contributed by atoms with Crippen LogP contribution in [0.4, 0.5) is 0 Å². The minimum absolute atomic E-state index is 0.207. The second kappa shape index (κ2) is 6.20. The standard InChI is InChI=1S/C16H24N2O/c1-12-5-4-6-13(2)15(12)16(19)18-9-7-14(8-10-18)11-17-3/h4-6,14,17H,7-11H2,1-3H3. The van der Waals surface area contributed by atoms with Crippen molar-refractivity contribution >= 4 is 5.91 Å². The molecule has 3 heteroatoms. The van der Waals surface area contributed by atoms with Crippen molar-refractivity contribution in [3.05, 3.63) is 34.9 Å². The largest absolute Gasteiger partial charge is 0.339 e. The Morgan fingerprint density at radius 1 is 1.26 bits per heavy atom. The lowest BCUT2D eigenvalue weighted by Gasteiger charge is -2.32. The van der Waals surface area contributed by atoms with E-state index in [-0.39, 0.29) is 5.91 Å². The lowest BCUT2D eigenvalue weighted by atomic mass is 9.95. The molecule has 0 aromatic heterocycles. The van der Waals surface area contributed by atoms with Crippen LogP contribution in [0, 0.1) is 19.8 Å². The molecule has 104 valence electrons. The lowest BCUT2D eigenvalue weighted by molar-refractivity contribution is 0.0689. The van der Waals surface area contributed by atoms with Gasteiger partial charge in [-0.2, -0.15) is 0 Å². The first-order chi connectivity index (χ1) is 9.13. The number of nitrogens with one attached hydrogen (secondary N) is 1. The van der Waals surface area contributed by atoms with Crippen LogP contribution in [0.2, 0.25) is 0 Å². The third-order valence-corrected chi connectivity index (χ3v) is 4.09. The van der Waals surface area contributed by atoms with Gasteiger partial charge in [-0.1, -0.05) is 18.2 Å². The van der Waals surface area contributed by atoms with Crippen molar-refractivity contribution in [3.63, 3.8) is 0 Å².